The molecular formula is C52H52N2. The lowest BCUT2D eigenvalue weighted by atomic mass is 9.99. The summed E-state index contributed by atoms with van der Waals surface area (Å²) in [6.07, 6.45) is 7.11. The normalized spacial score (nSPS) is 11.0. The number of rotatable bonds is 14. The Morgan fingerprint density at radius 1 is 0.333 bits per heavy atom. The summed E-state index contributed by atoms with van der Waals surface area (Å²) in [4.78, 5) is 4.71. The second-order valence-electron chi connectivity index (χ2n) is 14.6. The van der Waals surface area contributed by atoms with Gasteiger partial charge in [0.25, 0.3) is 0 Å². The molecule has 0 amide bonds. The highest BCUT2D eigenvalue weighted by atomic mass is 15.1. The lowest BCUT2D eigenvalue weighted by Crippen LogP contribution is -2.10. The molecular weight excluding hydrogens is 653 g/mol. The van der Waals surface area contributed by atoms with Gasteiger partial charge >= 0.3 is 0 Å². The highest BCUT2D eigenvalue weighted by Gasteiger charge is 2.15. The van der Waals surface area contributed by atoms with E-state index in [1.165, 1.54) is 87.3 Å². The van der Waals surface area contributed by atoms with Gasteiger partial charge in [-0.25, -0.2) is 0 Å². The van der Waals surface area contributed by atoms with E-state index in [0.717, 1.165) is 29.9 Å². The Hall–Kier alpha value is -5.86. The maximum atomic E-state index is 2.36. The van der Waals surface area contributed by atoms with Crippen molar-refractivity contribution in [2.45, 2.75) is 66.2 Å². The molecule has 0 bridgehead atoms. The van der Waals surface area contributed by atoms with Crippen molar-refractivity contribution >= 4 is 34.1 Å². The molecule has 0 spiro atoms. The average Bonchev–Trinajstić information content (AvgIpc) is 3.22. The third kappa shape index (κ3) is 8.67. The molecule has 0 saturated heterocycles. The zero-order valence-electron chi connectivity index (χ0n) is 32.3. The molecule has 0 aliphatic heterocycles. The van der Waals surface area contributed by atoms with Gasteiger partial charge in [0.05, 0.1) is 0 Å². The Kier molecular flexibility index (Phi) is 11.7. The fourth-order valence-electron chi connectivity index (χ4n) is 7.20. The van der Waals surface area contributed by atoms with Gasteiger partial charge in [0.1, 0.15) is 0 Å². The van der Waals surface area contributed by atoms with Gasteiger partial charge < -0.3 is 9.80 Å². The van der Waals surface area contributed by atoms with E-state index >= 15 is 0 Å². The minimum atomic E-state index is 1.13. The van der Waals surface area contributed by atoms with Gasteiger partial charge in [-0.3, -0.25) is 0 Å². The highest BCUT2D eigenvalue weighted by molar-refractivity contribution is 5.81. The van der Waals surface area contributed by atoms with Gasteiger partial charge in [-0.2, -0.15) is 0 Å². The molecule has 0 aromatic heterocycles. The third-order valence-corrected chi connectivity index (χ3v) is 10.4. The molecule has 7 aromatic rings. The van der Waals surface area contributed by atoms with Crippen molar-refractivity contribution in [2.75, 3.05) is 9.80 Å². The van der Waals surface area contributed by atoms with Crippen molar-refractivity contribution in [1.29, 1.82) is 0 Å². The molecule has 0 fully saturated rings. The number of aryl methyl sites for hydroxylation is 4. The van der Waals surface area contributed by atoms with Crippen LogP contribution in [0.15, 0.2) is 170 Å². The first-order chi connectivity index (χ1) is 26.5. The molecule has 270 valence electrons. The van der Waals surface area contributed by atoms with Gasteiger partial charge in [-0.15, -0.1) is 0 Å². The molecule has 0 heterocycles. The standard InChI is InChI=1S/C52H52N2/c1-5-7-11-41-16-30-48(31-17-41)53(47-28-14-39(3)15-29-47)50-34-24-45(25-35-50)43-20-22-44(23-21-43)46-26-36-51(37-27-46)54(52-13-9-10-40(4)38-52)49-32-18-42(19-33-49)12-8-6-2/h9-10,13-38H,5-8,11-12H2,1-4H3. The summed E-state index contributed by atoms with van der Waals surface area (Å²) in [5.41, 5.74) is 17.1. The molecule has 0 N–H and O–H groups in total. The van der Waals surface area contributed by atoms with Crippen molar-refractivity contribution in [2.24, 2.45) is 0 Å². The highest BCUT2D eigenvalue weighted by Crippen LogP contribution is 2.38. The van der Waals surface area contributed by atoms with E-state index in [4.69, 9.17) is 0 Å². The monoisotopic (exact) mass is 704 g/mol. The summed E-state index contributed by atoms with van der Waals surface area (Å²) < 4.78 is 0. The van der Waals surface area contributed by atoms with Crippen LogP contribution in [0.4, 0.5) is 34.1 Å². The largest absolute Gasteiger partial charge is 0.311 e. The molecule has 0 aliphatic carbocycles. The van der Waals surface area contributed by atoms with Crippen LogP contribution >= 0.6 is 0 Å². The number of hydrogen-bond acceptors (Lipinski definition) is 2. The zero-order chi connectivity index (χ0) is 37.3. The van der Waals surface area contributed by atoms with Crippen LogP contribution in [0.1, 0.15) is 61.8 Å². The van der Waals surface area contributed by atoms with E-state index in [2.05, 4.69) is 207 Å². The molecule has 7 rings (SSSR count). The Morgan fingerprint density at radius 3 is 1.04 bits per heavy atom. The van der Waals surface area contributed by atoms with Gasteiger partial charge in [-0.05, 0) is 151 Å². The molecule has 54 heavy (non-hydrogen) atoms. The van der Waals surface area contributed by atoms with Crippen LogP contribution in [0.2, 0.25) is 0 Å². The maximum absolute atomic E-state index is 2.36. The van der Waals surface area contributed by atoms with E-state index in [1.807, 2.05) is 0 Å². The fourth-order valence-corrected chi connectivity index (χ4v) is 7.20. The number of benzene rings is 7. The molecule has 0 saturated carbocycles. The second-order valence-corrected chi connectivity index (χ2v) is 14.6. The number of hydrogen-bond donors (Lipinski definition) is 0. The van der Waals surface area contributed by atoms with Gasteiger partial charge in [0.15, 0.2) is 0 Å². The summed E-state index contributed by atoms with van der Waals surface area (Å²) in [6, 6.07) is 62.6. The Labute approximate surface area is 323 Å². The number of nitrogens with zero attached hydrogens (tertiary/aromatic N) is 2. The lowest BCUT2D eigenvalue weighted by molar-refractivity contribution is 0.795. The van der Waals surface area contributed by atoms with Crippen LogP contribution in [0.3, 0.4) is 0 Å². The molecule has 7 aromatic carbocycles. The predicted molar refractivity (Wildman–Crippen MR) is 233 cm³/mol. The van der Waals surface area contributed by atoms with Gasteiger partial charge in [0, 0.05) is 34.1 Å². The third-order valence-electron chi connectivity index (χ3n) is 10.4. The Balaban J connectivity index is 1.11. The molecule has 0 unspecified atom stereocenters. The smallest absolute Gasteiger partial charge is 0.0464 e. The Morgan fingerprint density at radius 2 is 0.667 bits per heavy atom. The zero-order valence-corrected chi connectivity index (χ0v) is 32.3. The molecule has 0 atom stereocenters. The van der Waals surface area contributed by atoms with Crippen molar-refractivity contribution < 1.29 is 0 Å². The van der Waals surface area contributed by atoms with Crippen molar-refractivity contribution in [3.05, 3.63) is 192 Å². The van der Waals surface area contributed by atoms with Crippen LogP contribution in [-0.2, 0) is 12.8 Å². The number of unbranched alkanes of at least 4 members (excludes halogenated alkanes) is 2. The summed E-state index contributed by atoms with van der Waals surface area (Å²) >= 11 is 0. The molecule has 0 radical (unpaired) electrons. The van der Waals surface area contributed by atoms with Crippen molar-refractivity contribution in [1.82, 2.24) is 0 Å². The topological polar surface area (TPSA) is 6.48 Å². The first-order valence-electron chi connectivity index (χ1n) is 19.7. The number of anilines is 6. The van der Waals surface area contributed by atoms with Crippen molar-refractivity contribution in [3.8, 4) is 22.3 Å². The molecule has 2 nitrogen and oxygen atoms in total. The summed E-state index contributed by atoms with van der Waals surface area (Å²) in [6.45, 7) is 8.80. The van der Waals surface area contributed by atoms with Crippen LogP contribution in [0.25, 0.3) is 22.3 Å². The predicted octanol–water partition coefficient (Wildman–Crippen LogP) is 15.3. The Bertz CT molecular complexity index is 2210. The SMILES string of the molecule is CCCCc1ccc(N(c2ccc(C)cc2)c2ccc(-c3ccc(-c4ccc(N(c5ccc(CCCC)cc5)c5cccc(C)c5)cc4)cc3)cc2)cc1. The summed E-state index contributed by atoms with van der Waals surface area (Å²) in [5, 5.41) is 0. The lowest BCUT2D eigenvalue weighted by Gasteiger charge is -2.26. The van der Waals surface area contributed by atoms with Gasteiger partial charge in [0.2, 0.25) is 0 Å². The minimum Gasteiger partial charge on any atom is -0.311 e. The first kappa shape index (κ1) is 36.5. The fraction of sp³-hybridized carbons (Fsp3) is 0.192. The van der Waals surface area contributed by atoms with Gasteiger partial charge in [-0.1, -0.05) is 129 Å². The van der Waals surface area contributed by atoms with E-state index in [1.54, 1.807) is 0 Å². The maximum Gasteiger partial charge on any atom is 0.0464 e. The summed E-state index contributed by atoms with van der Waals surface area (Å²) in [7, 11) is 0. The van der Waals surface area contributed by atoms with Crippen LogP contribution in [0.5, 0.6) is 0 Å². The quantitative estimate of drug-likeness (QED) is 0.111. The van der Waals surface area contributed by atoms with E-state index in [-0.39, 0.29) is 0 Å². The molecule has 0 aliphatic rings. The van der Waals surface area contributed by atoms with Crippen LogP contribution in [-0.4, -0.2) is 0 Å². The second kappa shape index (κ2) is 17.3. The average molecular weight is 705 g/mol. The van der Waals surface area contributed by atoms with E-state index in [9.17, 15) is 0 Å². The van der Waals surface area contributed by atoms with Crippen LogP contribution in [0, 0.1) is 13.8 Å². The van der Waals surface area contributed by atoms with E-state index in [0.29, 0.717) is 0 Å². The molecule has 2 heteroatoms. The van der Waals surface area contributed by atoms with Crippen LogP contribution < -0.4 is 9.80 Å². The minimum absolute atomic E-state index is 1.13. The first-order valence-corrected chi connectivity index (χ1v) is 19.7. The van der Waals surface area contributed by atoms with Crippen molar-refractivity contribution in [3.63, 3.8) is 0 Å². The van der Waals surface area contributed by atoms with E-state index < -0.39 is 0 Å². The summed E-state index contributed by atoms with van der Waals surface area (Å²) in [5.74, 6) is 0.